The maximum absolute atomic E-state index is 11.1. The van der Waals surface area contributed by atoms with Gasteiger partial charge in [0.15, 0.2) is 0 Å². The molecule has 1 unspecified atom stereocenters. The van der Waals surface area contributed by atoms with Gasteiger partial charge in [-0.3, -0.25) is 4.79 Å². The summed E-state index contributed by atoms with van der Waals surface area (Å²) in [6.45, 7) is 2.27. The molecule has 1 atom stereocenters. The maximum Gasteiger partial charge on any atom is 0.282 e. The SMILES string of the molecule is CN1CCCC(Cc2cc(Cl)c(=O)[nH]n2)C1. The number of aromatic amines is 1. The topological polar surface area (TPSA) is 49.0 Å². The van der Waals surface area contributed by atoms with Crippen molar-refractivity contribution in [3.8, 4) is 0 Å². The van der Waals surface area contributed by atoms with Gasteiger partial charge in [0.1, 0.15) is 5.02 Å². The normalized spacial score (nSPS) is 22.2. The van der Waals surface area contributed by atoms with Crippen LogP contribution in [0.3, 0.4) is 0 Å². The fourth-order valence-electron chi connectivity index (χ4n) is 2.26. The van der Waals surface area contributed by atoms with Gasteiger partial charge in [-0.05, 0) is 44.8 Å². The Bertz CT molecular complexity index is 418. The van der Waals surface area contributed by atoms with E-state index in [2.05, 4.69) is 22.1 Å². The standard InChI is InChI=1S/C11H16ClN3O/c1-15-4-2-3-8(7-15)5-9-6-10(12)11(16)14-13-9/h6,8H,2-5,7H2,1H3,(H,14,16). The molecule has 2 heterocycles. The van der Waals surface area contributed by atoms with Crippen molar-refractivity contribution in [3.63, 3.8) is 0 Å². The van der Waals surface area contributed by atoms with Gasteiger partial charge in [0.05, 0.1) is 5.69 Å². The summed E-state index contributed by atoms with van der Waals surface area (Å²) in [6, 6.07) is 1.68. The average Bonchev–Trinajstić information content (AvgIpc) is 2.24. The van der Waals surface area contributed by atoms with Crippen LogP contribution in [0.25, 0.3) is 0 Å². The van der Waals surface area contributed by atoms with Gasteiger partial charge in [-0.15, -0.1) is 0 Å². The number of halogens is 1. The van der Waals surface area contributed by atoms with Crippen LogP contribution in [0.2, 0.25) is 5.02 Å². The fraction of sp³-hybridized carbons (Fsp3) is 0.636. The Morgan fingerprint density at radius 3 is 3.19 bits per heavy atom. The van der Waals surface area contributed by atoms with E-state index in [-0.39, 0.29) is 10.6 Å². The molecule has 1 fully saturated rings. The monoisotopic (exact) mass is 241 g/mol. The third-order valence-corrected chi connectivity index (χ3v) is 3.31. The van der Waals surface area contributed by atoms with Crippen LogP contribution in [-0.4, -0.2) is 35.2 Å². The van der Waals surface area contributed by atoms with Gasteiger partial charge in [-0.25, -0.2) is 5.10 Å². The minimum atomic E-state index is -0.314. The van der Waals surface area contributed by atoms with E-state index in [0.717, 1.165) is 18.7 Å². The largest absolute Gasteiger partial charge is 0.306 e. The molecule has 0 saturated carbocycles. The Hall–Kier alpha value is -0.870. The Labute approximate surface area is 99.6 Å². The molecule has 5 heteroatoms. The van der Waals surface area contributed by atoms with E-state index in [1.54, 1.807) is 6.07 Å². The number of nitrogens with one attached hydrogen (secondary N) is 1. The Kier molecular flexibility index (Phi) is 3.61. The van der Waals surface area contributed by atoms with Crippen molar-refractivity contribution in [2.24, 2.45) is 5.92 Å². The lowest BCUT2D eigenvalue weighted by Gasteiger charge is -2.29. The van der Waals surface area contributed by atoms with E-state index >= 15 is 0 Å². The van der Waals surface area contributed by atoms with Crippen LogP contribution in [0, 0.1) is 5.92 Å². The summed E-state index contributed by atoms with van der Waals surface area (Å²) in [5.41, 5.74) is 0.566. The van der Waals surface area contributed by atoms with Crippen LogP contribution < -0.4 is 5.56 Å². The summed E-state index contributed by atoms with van der Waals surface area (Å²) < 4.78 is 0. The first-order chi connectivity index (χ1) is 7.65. The molecule has 0 radical (unpaired) electrons. The number of aromatic nitrogens is 2. The van der Waals surface area contributed by atoms with Gasteiger partial charge in [0.2, 0.25) is 0 Å². The fourth-order valence-corrected chi connectivity index (χ4v) is 2.43. The Morgan fingerprint density at radius 2 is 2.50 bits per heavy atom. The van der Waals surface area contributed by atoms with Crippen LogP contribution in [0.15, 0.2) is 10.9 Å². The van der Waals surface area contributed by atoms with Crippen molar-refractivity contribution in [1.82, 2.24) is 15.1 Å². The molecule has 0 amide bonds. The highest BCUT2D eigenvalue weighted by Gasteiger charge is 2.18. The molecule has 0 bridgehead atoms. The lowest BCUT2D eigenvalue weighted by Crippen LogP contribution is -2.33. The minimum absolute atomic E-state index is 0.231. The van der Waals surface area contributed by atoms with Crippen LogP contribution in [0.1, 0.15) is 18.5 Å². The van der Waals surface area contributed by atoms with Gasteiger partial charge in [0.25, 0.3) is 5.56 Å². The van der Waals surface area contributed by atoms with Crippen molar-refractivity contribution in [2.75, 3.05) is 20.1 Å². The van der Waals surface area contributed by atoms with E-state index < -0.39 is 0 Å². The van der Waals surface area contributed by atoms with Gasteiger partial charge in [-0.1, -0.05) is 11.6 Å². The second-order valence-electron chi connectivity index (χ2n) is 4.51. The molecule has 4 nitrogen and oxygen atoms in total. The van der Waals surface area contributed by atoms with Crippen LogP contribution in [0.4, 0.5) is 0 Å². The molecule has 1 saturated heterocycles. The summed E-state index contributed by atoms with van der Waals surface area (Å²) >= 11 is 5.77. The summed E-state index contributed by atoms with van der Waals surface area (Å²) in [7, 11) is 2.14. The molecular formula is C11H16ClN3O. The average molecular weight is 242 g/mol. The van der Waals surface area contributed by atoms with E-state index in [4.69, 9.17) is 11.6 Å². The molecule has 0 aliphatic carbocycles. The second kappa shape index (κ2) is 4.97. The number of H-pyrrole nitrogens is 1. The first-order valence-electron chi connectivity index (χ1n) is 5.58. The highest BCUT2D eigenvalue weighted by atomic mass is 35.5. The predicted octanol–water partition coefficient (Wildman–Crippen LogP) is 1.31. The van der Waals surface area contributed by atoms with Gasteiger partial charge in [0, 0.05) is 6.54 Å². The molecule has 16 heavy (non-hydrogen) atoms. The first-order valence-corrected chi connectivity index (χ1v) is 5.95. The lowest BCUT2D eigenvalue weighted by molar-refractivity contribution is 0.208. The highest BCUT2D eigenvalue weighted by Crippen LogP contribution is 2.19. The molecule has 1 N–H and O–H groups in total. The molecule has 0 aromatic carbocycles. The summed E-state index contributed by atoms with van der Waals surface area (Å²) in [4.78, 5) is 13.4. The molecule has 1 aliphatic heterocycles. The molecule has 1 aliphatic rings. The number of hydrogen-bond acceptors (Lipinski definition) is 3. The Morgan fingerprint density at radius 1 is 1.69 bits per heavy atom. The number of hydrogen-bond donors (Lipinski definition) is 1. The first kappa shape index (κ1) is 11.6. The third kappa shape index (κ3) is 2.83. The molecule has 1 aromatic rings. The predicted molar refractivity (Wildman–Crippen MR) is 63.8 cm³/mol. The summed E-state index contributed by atoms with van der Waals surface area (Å²) in [5.74, 6) is 0.619. The van der Waals surface area contributed by atoms with E-state index in [1.807, 2.05) is 0 Å². The van der Waals surface area contributed by atoms with Crippen molar-refractivity contribution < 1.29 is 0 Å². The molecule has 1 aromatic heterocycles. The zero-order valence-corrected chi connectivity index (χ0v) is 10.1. The van der Waals surface area contributed by atoms with Gasteiger partial charge in [-0.2, -0.15) is 5.10 Å². The quantitative estimate of drug-likeness (QED) is 0.849. The molecule has 88 valence electrons. The smallest absolute Gasteiger partial charge is 0.282 e. The van der Waals surface area contributed by atoms with Crippen molar-refractivity contribution in [3.05, 3.63) is 27.1 Å². The maximum atomic E-state index is 11.1. The molecule has 2 rings (SSSR count). The Balaban J connectivity index is 2.03. The van der Waals surface area contributed by atoms with Crippen LogP contribution >= 0.6 is 11.6 Å². The van der Waals surface area contributed by atoms with Gasteiger partial charge >= 0.3 is 0 Å². The molecular weight excluding hydrogens is 226 g/mol. The number of rotatable bonds is 2. The summed E-state index contributed by atoms with van der Waals surface area (Å²) in [6.07, 6.45) is 3.35. The number of nitrogens with zero attached hydrogens (tertiary/aromatic N) is 2. The number of likely N-dealkylation sites (tertiary alicyclic amines) is 1. The lowest BCUT2D eigenvalue weighted by atomic mass is 9.94. The van der Waals surface area contributed by atoms with Crippen molar-refractivity contribution in [2.45, 2.75) is 19.3 Å². The number of piperidine rings is 1. The van der Waals surface area contributed by atoms with Crippen LogP contribution in [0.5, 0.6) is 0 Å². The van der Waals surface area contributed by atoms with E-state index in [9.17, 15) is 4.79 Å². The highest BCUT2D eigenvalue weighted by molar-refractivity contribution is 6.30. The van der Waals surface area contributed by atoms with Crippen molar-refractivity contribution in [1.29, 1.82) is 0 Å². The third-order valence-electron chi connectivity index (χ3n) is 3.03. The zero-order valence-electron chi connectivity index (χ0n) is 9.37. The second-order valence-corrected chi connectivity index (χ2v) is 4.92. The van der Waals surface area contributed by atoms with Gasteiger partial charge < -0.3 is 4.90 Å². The van der Waals surface area contributed by atoms with Crippen molar-refractivity contribution >= 4 is 11.6 Å². The summed E-state index contributed by atoms with van der Waals surface area (Å²) in [5, 5.41) is 6.67. The van der Waals surface area contributed by atoms with E-state index in [1.165, 1.54) is 19.4 Å². The van der Waals surface area contributed by atoms with E-state index in [0.29, 0.717) is 5.92 Å². The minimum Gasteiger partial charge on any atom is -0.306 e. The zero-order chi connectivity index (χ0) is 11.5. The van der Waals surface area contributed by atoms with Crippen LogP contribution in [-0.2, 0) is 6.42 Å². The molecule has 0 spiro atoms.